The van der Waals surface area contributed by atoms with Gasteiger partial charge in [-0.05, 0) is 30.7 Å². The van der Waals surface area contributed by atoms with Crippen LogP contribution in [0.2, 0.25) is 0 Å². The van der Waals surface area contributed by atoms with Crippen molar-refractivity contribution in [2.24, 2.45) is 0 Å². The monoisotopic (exact) mass is 369 g/mol. The van der Waals surface area contributed by atoms with Gasteiger partial charge in [-0.2, -0.15) is 0 Å². The molecule has 0 aliphatic carbocycles. The van der Waals surface area contributed by atoms with Gasteiger partial charge in [0.05, 0.1) is 25.2 Å². The van der Waals surface area contributed by atoms with Gasteiger partial charge in [0, 0.05) is 31.0 Å². The van der Waals surface area contributed by atoms with Crippen molar-refractivity contribution in [2.45, 2.75) is 25.0 Å². The molecule has 0 radical (unpaired) electrons. The summed E-state index contributed by atoms with van der Waals surface area (Å²) >= 11 is 0. The summed E-state index contributed by atoms with van der Waals surface area (Å²) in [6, 6.07) is 12.2. The molecule has 142 valence electrons. The molecule has 1 aliphatic rings. The van der Waals surface area contributed by atoms with Crippen LogP contribution in [0.15, 0.2) is 54.9 Å². The van der Waals surface area contributed by atoms with E-state index in [9.17, 15) is 14.7 Å². The van der Waals surface area contributed by atoms with E-state index in [0.717, 1.165) is 5.75 Å². The minimum atomic E-state index is -0.802. The van der Waals surface area contributed by atoms with E-state index in [4.69, 9.17) is 4.74 Å². The zero-order valence-corrected chi connectivity index (χ0v) is 15.0. The van der Waals surface area contributed by atoms with Crippen LogP contribution in [0.5, 0.6) is 5.75 Å². The Hall–Kier alpha value is -2.93. The third kappa shape index (κ3) is 5.27. The molecule has 27 heavy (non-hydrogen) atoms. The highest BCUT2D eigenvalue weighted by Gasteiger charge is 2.31. The first kappa shape index (κ1) is 18.8. The van der Waals surface area contributed by atoms with Crippen LogP contribution in [0.3, 0.4) is 0 Å². The van der Waals surface area contributed by atoms with Crippen molar-refractivity contribution in [3.05, 3.63) is 60.4 Å². The van der Waals surface area contributed by atoms with Crippen LogP contribution in [0, 0.1) is 0 Å². The minimum absolute atomic E-state index is 0.0658. The lowest BCUT2D eigenvalue weighted by molar-refractivity contribution is -0.135. The summed E-state index contributed by atoms with van der Waals surface area (Å²) in [5.41, 5.74) is 0.494. The van der Waals surface area contributed by atoms with E-state index in [0.29, 0.717) is 18.5 Å². The zero-order chi connectivity index (χ0) is 19.1. The lowest BCUT2D eigenvalue weighted by atomic mass is 10.0. The van der Waals surface area contributed by atoms with Gasteiger partial charge in [-0.15, -0.1) is 0 Å². The summed E-state index contributed by atoms with van der Waals surface area (Å²) < 4.78 is 5.54. The van der Waals surface area contributed by atoms with Crippen molar-refractivity contribution in [2.75, 3.05) is 19.7 Å². The number of amides is 2. The first-order valence-electron chi connectivity index (χ1n) is 8.98. The molecule has 2 amide bonds. The average Bonchev–Trinajstić information content (AvgIpc) is 2.71. The first-order valence-corrected chi connectivity index (χ1v) is 8.98. The number of rotatable bonds is 6. The van der Waals surface area contributed by atoms with E-state index < -0.39 is 6.10 Å². The van der Waals surface area contributed by atoms with E-state index in [1.54, 1.807) is 29.4 Å². The summed E-state index contributed by atoms with van der Waals surface area (Å²) in [5, 5.41) is 13.2. The van der Waals surface area contributed by atoms with Crippen molar-refractivity contribution in [3.8, 4) is 5.75 Å². The molecule has 1 aromatic carbocycles. The van der Waals surface area contributed by atoms with Crippen LogP contribution < -0.4 is 10.1 Å². The molecule has 0 bridgehead atoms. The second-order valence-corrected chi connectivity index (χ2v) is 6.42. The normalized spacial score (nSPS) is 19.4. The Morgan fingerprint density at radius 1 is 1.19 bits per heavy atom. The lowest BCUT2D eigenvalue weighted by Crippen LogP contribution is -2.55. The number of carbonyl (C=O) groups is 2. The predicted molar refractivity (Wildman–Crippen MR) is 99.2 cm³/mol. The lowest BCUT2D eigenvalue weighted by Gasteiger charge is -2.36. The van der Waals surface area contributed by atoms with Crippen molar-refractivity contribution >= 4 is 11.8 Å². The Kier molecular flexibility index (Phi) is 6.38. The number of ether oxygens (including phenoxy) is 1. The molecule has 2 unspecified atom stereocenters. The maximum atomic E-state index is 12.3. The second kappa shape index (κ2) is 9.14. The summed E-state index contributed by atoms with van der Waals surface area (Å²) in [6.45, 7) is 0.978. The van der Waals surface area contributed by atoms with E-state index in [1.807, 2.05) is 30.3 Å². The van der Waals surface area contributed by atoms with E-state index >= 15 is 0 Å². The largest absolute Gasteiger partial charge is 0.493 e. The SMILES string of the molecule is O=C(NC1CCN(C(=O)CCOc2ccccc2)CC1O)c1ccncc1. The van der Waals surface area contributed by atoms with Gasteiger partial charge in [-0.25, -0.2) is 0 Å². The Morgan fingerprint density at radius 3 is 2.63 bits per heavy atom. The maximum Gasteiger partial charge on any atom is 0.251 e. The van der Waals surface area contributed by atoms with Gasteiger partial charge >= 0.3 is 0 Å². The van der Waals surface area contributed by atoms with Gasteiger partial charge in [0.15, 0.2) is 0 Å². The molecule has 7 nitrogen and oxygen atoms in total. The van der Waals surface area contributed by atoms with E-state index in [-0.39, 0.29) is 37.4 Å². The number of likely N-dealkylation sites (tertiary alicyclic amines) is 1. The number of β-amino-alcohol motifs (C(OH)–C–C–N with tert-alkyl or cyclic N) is 1. The van der Waals surface area contributed by atoms with Crippen LogP contribution in [-0.4, -0.2) is 58.6 Å². The number of aromatic nitrogens is 1. The van der Waals surface area contributed by atoms with Crippen LogP contribution in [0.25, 0.3) is 0 Å². The maximum absolute atomic E-state index is 12.3. The number of para-hydroxylation sites is 1. The highest BCUT2D eigenvalue weighted by molar-refractivity contribution is 5.94. The number of carbonyl (C=O) groups excluding carboxylic acids is 2. The molecule has 1 aromatic heterocycles. The zero-order valence-electron chi connectivity index (χ0n) is 15.0. The smallest absolute Gasteiger partial charge is 0.251 e. The fourth-order valence-corrected chi connectivity index (χ4v) is 3.01. The van der Waals surface area contributed by atoms with Crippen LogP contribution in [0.1, 0.15) is 23.2 Å². The van der Waals surface area contributed by atoms with Gasteiger partial charge in [-0.1, -0.05) is 18.2 Å². The molecule has 0 spiro atoms. The number of benzene rings is 1. The summed E-state index contributed by atoms with van der Waals surface area (Å²) in [4.78, 5) is 30.0. The number of hydrogen-bond acceptors (Lipinski definition) is 5. The first-order chi connectivity index (χ1) is 13.1. The van der Waals surface area contributed by atoms with Crippen LogP contribution >= 0.6 is 0 Å². The Balaban J connectivity index is 1.43. The number of aliphatic hydroxyl groups is 1. The van der Waals surface area contributed by atoms with Crippen molar-refractivity contribution in [1.82, 2.24) is 15.2 Å². The highest BCUT2D eigenvalue weighted by atomic mass is 16.5. The molecule has 0 saturated carbocycles. The van der Waals surface area contributed by atoms with Gasteiger partial charge < -0.3 is 20.1 Å². The standard InChI is InChI=1S/C20H23N3O4/c24-18-14-23(19(25)9-13-27-16-4-2-1-3-5-16)12-8-17(18)22-20(26)15-6-10-21-11-7-15/h1-7,10-11,17-18,24H,8-9,12-14H2,(H,22,26). The Morgan fingerprint density at radius 2 is 1.93 bits per heavy atom. The summed E-state index contributed by atoms with van der Waals surface area (Å²) in [7, 11) is 0. The minimum Gasteiger partial charge on any atom is -0.493 e. The molecular weight excluding hydrogens is 346 g/mol. The fourth-order valence-electron chi connectivity index (χ4n) is 3.01. The predicted octanol–water partition coefficient (Wildman–Crippen LogP) is 1.24. The molecule has 2 atom stereocenters. The molecule has 7 heteroatoms. The molecular formula is C20H23N3O4. The molecule has 1 saturated heterocycles. The molecule has 1 aliphatic heterocycles. The van der Waals surface area contributed by atoms with E-state index in [2.05, 4.69) is 10.3 Å². The molecule has 1 fully saturated rings. The van der Waals surface area contributed by atoms with Gasteiger partial charge in [0.1, 0.15) is 5.75 Å². The number of hydrogen-bond donors (Lipinski definition) is 2. The van der Waals surface area contributed by atoms with E-state index in [1.165, 1.54) is 0 Å². The topological polar surface area (TPSA) is 91.8 Å². The van der Waals surface area contributed by atoms with Crippen molar-refractivity contribution in [3.63, 3.8) is 0 Å². The number of nitrogens with one attached hydrogen (secondary N) is 1. The van der Waals surface area contributed by atoms with Gasteiger partial charge in [0.25, 0.3) is 5.91 Å². The van der Waals surface area contributed by atoms with Crippen LogP contribution in [-0.2, 0) is 4.79 Å². The summed E-state index contributed by atoms with van der Waals surface area (Å²) in [5.74, 6) is 0.407. The molecule has 3 rings (SSSR count). The average molecular weight is 369 g/mol. The third-order valence-corrected chi connectivity index (χ3v) is 4.52. The van der Waals surface area contributed by atoms with Crippen molar-refractivity contribution in [1.29, 1.82) is 0 Å². The summed E-state index contributed by atoms with van der Waals surface area (Å²) in [6.07, 6.45) is 3.04. The molecule has 2 aromatic rings. The Bertz CT molecular complexity index is 754. The van der Waals surface area contributed by atoms with Crippen molar-refractivity contribution < 1.29 is 19.4 Å². The second-order valence-electron chi connectivity index (χ2n) is 6.42. The molecule has 2 heterocycles. The Labute approximate surface area is 158 Å². The third-order valence-electron chi connectivity index (χ3n) is 4.52. The quantitative estimate of drug-likeness (QED) is 0.799. The van der Waals surface area contributed by atoms with Gasteiger partial charge in [-0.3, -0.25) is 14.6 Å². The number of pyridine rings is 1. The number of nitrogens with zero attached hydrogens (tertiary/aromatic N) is 2. The highest BCUT2D eigenvalue weighted by Crippen LogP contribution is 2.14. The van der Waals surface area contributed by atoms with Gasteiger partial charge in [0.2, 0.25) is 5.91 Å². The number of piperidine rings is 1. The molecule has 2 N–H and O–H groups in total. The fraction of sp³-hybridized carbons (Fsp3) is 0.350. The van der Waals surface area contributed by atoms with Crippen LogP contribution in [0.4, 0.5) is 0 Å². The number of aliphatic hydroxyl groups excluding tert-OH is 1.